The molecule has 0 atom stereocenters. The van der Waals surface area contributed by atoms with Crippen molar-refractivity contribution >= 4 is 11.6 Å². The molecule has 1 aliphatic heterocycles. The van der Waals surface area contributed by atoms with Crippen molar-refractivity contribution in [2.24, 2.45) is 5.10 Å². The molecule has 114 valence electrons. The van der Waals surface area contributed by atoms with E-state index in [2.05, 4.69) is 22.4 Å². The molecular weight excluding hydrogens is 269 g/mol. The number of carbonyl (C=O) groups excluding carboxylic acids is 1. The van der Waals surface area contributed by atoms with Crippen molar-refractivity contribution in [2.45, 2.75) is 32.6 Å². The summed E-state index contributed by atoms with van der Waals surface area (Å²) in [6.45, 7) is 5.34. The molecule has 21 heavy (non-hydrogen) atoms. The molecule has 1 aromatic carbocycles. The smallest absolute Gasteiger partial charge is 0.244 e. The van der Waals surface area contributed by atoms with Crippen molar-refractivity contribution in [1.29, 1.82) is 0 Å². The molecule has 1 saturated heterocycles. The van der Waals surface area contributed by atoms with Crippen molar-refractivity contribution in [1.82, 2.24) is 10.3 Å². The lowest BCUT2D eigenvalue weighted by molar-refractivity contribution is -0.120. The monoisotopic (exact) mass is 291 g/mol. The summed E-state index contributed by atoms with van der Waals surface area (Å²) < 4.78 is 12.8. The minimum atomic E-state index is -0.293. The summed E-state index contributed by atoms with van der Waals surface area (Å²) in [7, 11) is 0. The highest BCUT2D eigenvalue weighted by molar-refractivity contribution is 5.87. The van der Waals surface area contributed by atoms with Gasteiger partial charge in [0.15, 0.2) is 0 Å². The lowest BCUT2D eigenvalue weighted by Gasteiger charge is -2.26. The highest BCUT2D eigenvalue weighted by atomic mass is 19.1. The third-order valence-corrected chi connectivity index (χ3v) is 3.59. The van der Waals surface area contributed by atoms with E-state index in [4.69, 9.17) is 0 Å². The number of piperidine rings is 1. The van der Waals surface area contributed by atoms with Crippen LogP contribution in [0, 0.1) is 5.82 Å². The molecule has 0 aliphatic carbocycles. The molecule has 1 aromatic rings. The Kier molecular flexibility index (Phi) is 5.87. The zero-order chi connectivity index (χ0) is 15.1. The molecule has 2 rings (SSSR count). The largest absolute Gasteiger partial charge is 0.303 e. The number of hydrogen-bond donors (Lipinski definition) is 1. The Bertz CT molecular complexity index is 489. The van der Waals surface area contributed by atoms with Gasteiger partial charge in [0, 0.05) is 31.6 Å². The fraction of sp³-hybridized carbons (Fsp3) is 0.500. The van der Waals surface area contributed by atoms with Crippen LogP contribution in [0.15, 0.2) is 29.4 Å². The molecule has 0 unspecified atom stereocenters. The maximum Gasteiger partial charge on any atom is 0.244 e. The predicted octanol–water partition coefficient (Wildman–Crippen LogP) is 2.35. The molecule has 0 saturated carbocycles. The molecule has 5 heteroatoms. The summed E-state index contributed by atoms with van der Waals surface area (Å²) in [6, 6.07) is 5.95. The van der Waals surface area contributed by atoms with Crippen molar-refractivity contribution in [3.63, 3.8) is 0 Å². The minimum Gasteiger partial charge on any atom is -0.303 e. The van der Waals surface area contributed by atoms with Gasteiger partial charge in [0.2, 0.25) is 5.91 Å². The van der Waals surface area contributed by atoms with Gasteiger partial charge in [0.1, 0.15) is 5.82 Å². The number of hydrazone groups is 1. The second-order valence-electron chi connectivity index (χ2n) is 5.36. The van der Waals surface area contributed by atoms with Gasteiger partial charge < -0.3 is 4.90 Å². The van der Waals surface area contributed by atoms with E-state index >= 15 is 0 Å². The summed E-state index contributed by atoms with van der Waals surface area (Å²) in [4.78, 5) is 14.2. The van der Waals surface area contributed by atoms with Crippen LogP contribution in [0.1, 0.15) is 31.7 Å². The summed E-state index contributed by atoms with van der Waals surface area (Å²) in [5, 5.41) is 4.21. The van der Waals surface area contributed by atoms with Gasteiger partial charge in [0.25, 0.3) is 0 Å². The van der Waals surface area contributed by atoms with E-state index in [0.29, 0.717) is 0 Å². The lowest BCUT2D eigenvalue weighted by atomic mass is 10.1. The van der Waals surface area contributed by atoms with Gasteiger partial charge in [-0.15, -0.1) is 0 Å². The van der Waals surface area contributed by atoms with Crippen LogP contribution in [0.25, 0.3) is 0 Å². The number of nitrogens with zero attached hydrogens (tertiary/aromatic N) is 2. The zero-order valence-electron chi connectivity index (χ0n) is 12.4. The molecule has 0 spiro atoms. The lowest BCUT2D eigenvalue weighted by Crippen LogP contribution is -2.35. The second kappa shape index (κ2) is 7.88. The molecule has 1 heterocycles. The highest BCUT2D eigenvalue weighted by Crippen LogP contribution is 2.07. The Balaban J connectivity index is 1.76. The normalized spacial score (nSPS) is 15.8. The summed E-state index contributed by atoms with van der Waals surface area (Å²) in [5.41, 5.74) is 4.43. The van der Waals surface area contributed by atoms with Gasteiger partial charge >= 0.3 is 0 Å². The van der Waals surface area contributed by atoms with E-state index in [0.717, 1.165) is 43.8 Å². The summed E-state index contributed by atoms with van der Waals surface area (Å²) in [6.07, 6.45) is 3.22. The van der Waals surface area contributed by atoms with E-state index < -0.39 is 0 Å². The fourth-order valence-corrected chi connectivity index (χ4v) is 2.43. The summed E-state index contributed by atoms with van der Waals surface area (Å²) >= 11 is 0. The molecule has 1 amide bonds. The number of halogens is 1. The maximum atomic E-state index is 12.8. The van der Waals surface area contributed by atoms with E-state index in [1.807, 2.05) is 0 Å². The van der Waals surface area contributed by atoms with Crippen LogP contribution >= 0.6 is 0 Å². The molecular formula is C16H22FN3O. The third kappa shape index (κ3) is 5.27. The van der Waals surface area contributed by atoms with Crippen LogP contribution in [0.4, 0.5) is 4.39 Å². The van der Waals surface area contributed by atoms with E-state index in [9.17, 15) is 9.18 Å². The average molecular weight is 291 g/mol. The first-order valence-corrected chi connectivity index (χ1v) is 7.48. The highest BCUT2D eigenvalue weighted by Gasteiger charge is 2.14. The van der Waals surface area contributed by atoms with E-state index in [1.54, 1.807) is 12.1 Å². The average Bonchev–Trinajstić information content (AvgIpc) is 2.49. The first-order chi connectivity index (χ1) is 10.2. The van der Waals surface area contributed by atoms with Crippen molar-refractivity contribution in [2.75, 3.05) is 19.6 Å². The maximum absolute atomic E-state index is 12.8. The number of amides is 1. The molecule has 1 N–H and O–H groups in total. The first-order valence-electron chi connectivity index (χ1n) is 7.48. The topological polar surface area (TPSA) is 44.7 Å². The van der Waals surface area contributed by atoms with Crippen LogP contribution in [-0.4, -0.2) is 36.2 Å². The molecule has 1 aliphatic rings. The van der Waals surface area contributed by atoms with Crippen LogP contribution in [-0.2, 0) is 11.2 Å². The van der Waals surface area contributed by atoms with Crippen LogP contribution in [0.5, 0.6) is 0 Å². The summed E-state index contributed by atoms with van der Waals surface area (Å²) in [5.74, 6) is -0.455. The first kappa shape index (κ1) is 15.6. The molecule has 0 bridgehead atoms. The van der Waals surface area contributed by atoms with Crippen molar-refractivity contribution in [3.8, 4) is 0 Å². The van der Waals surface area contributed by atoms with Crippen LogP contribution < -0.4 is 5.43 Å². The van der Waals surface area contributed by atoms with E-state index in [-0.39, 0.29) is 18.1 Å². The molecule has 0 aromatic heterocycles. The Labute approximate surface area is 125 Å². The third-order valence-electron chi connectivity index (χ3n) is 3.59. The van der Waals surface area contributed by atoms with E-state index in [1.165, 1.54) is 18.6 Å². The van der Waals surface area contributed by atoms with Gasteiger partial charge in [-0.25, -0.2) is 9.82 Å². The number of carbonyl (C=O) groups is 1. The fourth-order valence-electron chi connectivity index (χ4n) is 2.43. The van der Waals surface area contributed by atoms with Gasteiger partial charge in [-0.2, -0.15) is 5.10 Å². The Morgan fingerprint density at radius 1 is 1.29 bits per heavy atom. The zero-order valence-corrected chi connectivity index (χ0v) is 12.4. The Morgan fingerprint density at radius 2 is 1.95 bits per heavy atom. The van der Waals surface area contributed by atoms with Gasteiger partial charge in [-0.05, 0) is 30.7 Å². The minimum absolute atomic E-state index is 0.162. The SMILES string of the molecule is CCCN1CCC(=NNC(=O)Cc2ccc(F)cc2)CC1. The van der Waals surface area contributed by atoms with Crippen LogP contribution in [0.2, 0.25) is 0 Å². The number of rotatable bonds is 5. The standard InChI is InChI=1S/C16H22FN3O/c1-2-9-20-10-7-15(8-11-20)18-19-16(21)12-13-3-5-14(17)6-4-13/h3-6H,2,7-12H2,1H3,(H,19,21). The molecule has 0 radical (unpaired) electrons. The van der Waals surface area contributed by atoms with Crippen LogP contribution in [0.3, 0.4) is 0 Å². The number of benzene rings is 1. The Hall–Kier alpha value is -1.75. The van der Waals surface area contributed by atoms with Crippen molar-refractivity contribution < 1.29 is 9.18 Å². The Morgan fingerprint density at radius 3 is 2.57 bits per heavy atom. The molecule has 1 fully saturated rings. The predicted molar refractivity (Wildman–Crippen MR) is 81.6 cm³/mol. The number of nitrogens with one attached hydrogen (secondary N) is 1. The van der Waals surface area contributed by atoms with Gasteiger partial charge in [0.05, 0.1) is 6.42 Å². The molecule has 4 nitrogen and oxygen atoms in total. The number of likely N-dealkylation sites (tertiary alicyclic amines) is 1. The van der Waals surface area contributed by atoms with Crippen molar-refractivity contribution in [3.05, 3.63) is 35.6 Å². The number of hydrogen-bond acceptors (Lipinski definition) is 3. The second-order valence-corrected chi connectivity index (χ2v) is 5.36. The van der Waals surface area contributed by atoms with Gasteiger partial charge in [-0.1, -0.05) is 19.1 Å². The quantitative estimate of drug-likeness (QED) is 0.846. The van der Waals surface area contributed by atoms with Gasteiger partial charge in [-0.3, -0.25) is 4.79 Å².